The van der Waals surface area contributed by atoms with Crippen molar-refractivity contribution in [3.05, 3.63) is 42.2 Å². The Morgan fingerprint density at radius 2 is 2.33 bits per heavy atom. The molecule has 0 aliphatic rings. The van der Waals surface area contributed by atoms with Gasteiger partial charge in [-0.25, -0.2) is 0 Å². The van der Waals surface area contributed by atoms with Crippen LogP contribution in [0.5, 0.6) is 5.75 Å². The molecule has 0 saturated carbocycles. The molecule has 1 unspecified atom stereocenters. The minimum Gasteiger partial charge on any atom is -0.508 e. The van der Waals surface area contributed by atoms with Crippen molar-refractivity contribution in [2.45, 2.75) is 25.9 Å². The third-order valence-electron chi connectivity index (χ3n) is 2.86. The number of hydrogen-bond donors (Lipinski definition) is 2. The molecule has 5 heteroatoms. The molecule has 96 valence electrons. The van der Waals surface area contributed by atoms with Gasteiger partial charge in [0.25, 0.3) is 0 Å². The Labute approximate surface area is 106 Å². The molecule has 0 saturated heterocycles. The summed E-state index contributed by atoms with van der Waals surface area (Å²) in [5, 5.41) is 20.5. The highest BCUT2D eigenvalue weighted by molar-refractivity contribution is 5.28. The summed E-state index contributed by atoms with van der Waals surface area (Å²) < 4.78 is 1.82. The Bertz CT molecular complexity index is 470. The van der Waals surface area contributed by atoms with E-state index in [1.54, 1.807) is 18.3 Å². The molecule has 0 amide bonds. The Morgan fingerprint density at radius 1 is 1.44 bits per heavy atom. The largest absolute Gasteiger partial charge is 0.508 e. The summed E-state index contributed by atoms with van der Waals surface area (Å²) in [5.74, 6) is 0.309. The van der Waals surface area contributed by atoms with E-state index in [0.717, 1.165) is 25.1 Å². The van der Waals surface area contributed by atoms with Crippen LogP contribution in [0.4, 0.5) is 0 Å². The van der Waals surface area contributed by atoms with Crippen LogP contribution < -0.4 is 5.32 Å². The number of benzene rings is 1. The van der Waals surface area contributed by atoms with Crippen molar-refractivity contribution in [2.24, 2.45) is 0 Å². The van der Waals surface area contributed by atoms with Gasteiger partial charge in [0, 0.05) is 18.8 Å². The maximum Gasteiger partial charge on any atom is 0.115 e. The highest BCUT2D eigenvalue weighted by atomic mass is 16.3. The van der Waals surface area contributed by atoms with Crippen LogP contribution in [0, 0.1) is 0 Å². The topological polar surface area (TPSA) is 63.0 Å². The van der Waals surface area contributed by atoms with Crippen LogP contribution in [0.2, 0.25) is 0 Å². The van der Waals surface area contributed by atoms with E-state index in [0.29, 0.717) is 5.75 Å². The molecule has 1 aromatic heterocycles. The van der Waals surface area contributed by atoms with Crippen LogP contribution >= 0.6 is 0 Å². The van der Waals surface area contributed by atoms with Crippen LogP contribution in [0.25, 0.3) is 0 Å². The first kappa shape index (κ1) is 12.6. The van der Waals surface area contributed by atoms with Crippen LogP contribution in [0.3, 0.4) is 0 Å². The summed E-state index contributed by atoms with van der Waals surface area (Å²) in [4.78, 5) is 0. The summed E-state index contributed by atoms with van der Waals surface area (Å²) in [7, 11) is 0. The third-order valence-corrected chi connectivity index (χ3v) is 2.86. The van der Waals surface area contributed by atoms with Crippen molar-refractivity contribution >= 4 is 0 Å². The molecular formula is C13H18N4O. The molecule has 0 fully saturated rings. The van der Waals surface area contributed by atoms with Crippen LogP contribution in [-0.2, 0) is 6.54 Å². The van der Waals surface area contributed by atoms with Gasteiger partial charge in [-0.3, -0.25) is 4.68 Å². The number of phenolic OH excluding ortho intramolecular Hbond substituents is 1. The summed E-state index contributed by atoms with van der Waals surface area (Å²) in [6.45, 7) is 3.85. The number of aromatic hydroxyl groups is 1. The minimum atomic E-state index is 0.229. The molecule has 18 heavy (non-hydrogen) atoms. The molecule has 5 nitrogen and oxygen atoms in total. The normalized spacial score (nSPS) is 12.5. The quantitative estimate of drug-likeness (QED) is 0.762. The van der Waals surface area contributed by atoms with Crippen molar-refractivity contribution in [3.8, 4) is 5.75 Å². The zero-order chi connectivity index (χ0) is 12.8. The average molecular weight is 246 g/mol. The molecule has 1 heterocycles. The third kappa shape index (κ3) is 3.56. The lowest BCUT2D eigenvalue weighted by Crippen LogP contribution is -2.21. The first-order valence-corrected chi connectivity index (χ1v) is 6.12. The number of phenols is 1. The number of hydrogen-bond acceptors (Lipinski definition) is 4. The van der Waals surface area contributed by atoms with Gasteiger partial charge in [0.2, 0.25) is 0 Å². The standard InChI is InChI=1S/C13H18N4O/c1-11(12-4-2-5-13(18)10-12)14-6-3-8-17-9-7-15-16-17/h2,4-5,7,9-11,14,18H,3,6,8H2,1H3. The number of aryl methyl sites for hydroxylation is 1. The lowest BCUT2D eigenvalue weighted by atomic mass is 10.1. The van der Waals surface area contributed by atoms with Crippen LogP contribution in [-0.4, -0.2) is 26.6 Å². The van der Waals surface area contributed by atoms with Gasteiger partial charge < -0.3 is 10.4 Å². The maximum atomic E-state index is 9.41. The first-order chi connectivity index (χ1) is 8.75. The zero-order valence-electron chi connectivity index (χ0n) is 10.5. The maximum absolute atomic E-state index is 9.41. The summed E-state index contributed by atoms with van der Waals surface area (Å²) >= 11 is 0. The van der Waals surface area contributed by atoms with Gasteiger partial charge in [0.05, 0.1) is 6.20 Å². The monoisotopic (exact) mass is 246 g/mol. The van der Waals surface area contributed by atoms with Gasteiger partial charge in [-0.15, -0.1) is 5.10 Å². The molecule has 0 aliphatic heterocycles. The molecule has 2 N–H and O–H groups in total. The van der Waals surface area contributed by atoms with E-state index < -0.39 is 0 Å². The number of nitrogens with zero attached hydrogens (tertiary/aromatic N) is 3. The second-order valence-electron chi connectivity index (χ2n) is 4.29. The van der Waals surface area contributed by atoms with E-state index in [1.807, 2.05) is 23.0 Å². The predicted octanol–water partition coefficient (Wildman–Crippen LogP) is 1.72. The fourth-order valence-electron chi connectivity index (χ4n) is 1.82. The van der Waals surface area contributed by atoms with Crippen molar-refractivity contribution in [3.63, 3.8) is 0 Å². The van der Waals surface area contributed by atoms with Gasteiger partial charge in [-0.2, -0.15) is 0 Å². The Morgan fingerprint density at radius 3 is 3.06 bits per heavy atom. The molecule has 1 atom stereocenters. The molecule has 0 bridgehead atoms. The highest BCUT2D eigenvalue weighted by Gasteiger charge is 2.04. The van der Waals surface area contributed by atoms with Crippen molar-refractivity contribution in [1.82, 2.24) is 20.3 Å². The van der Waals surface area contributed by atoms with E-state index in [2.05, 4.69) is 22.6 Å². The van der Waals surface area contributed by atoms with Crippen molar-refractivity contribution in [1.29, 1.82) is 0 Å². The molecule has 1 aromatic carbocycles. The smallest absolute Gasteiger partial charge is 0.115 e. The average Bonchev–Trinajstić information content (AvgIpc) is 2.87. The van der Waals surface area contributed by atoms with E-state index in [4.69, 9.17) is 0 Å². The first-order valence-electron chi connectivity index (χ1n) is 6.12. The van der Waals surface area contributed by atoms with Gasteiger partial charge in [-0.05, 0) is 37.6 Å². The Hall–Kier alpha value is -1.88. The number of nitrogens with one attached hydrogen (secondary N) is 1. The molecule has 2 aromatic rings. The zero-order valence-corrected chi connectivity index (χ0v) is 10.5. The second kappa shape index (κ2) is 6.16. The van der Waals surface area contributed by atoms with Gasteiger partial charge in [-0.1, -0.05) is 17.3 Å². The van der Waals surface area contributed by atoms with Gasteiger partial charge >= 0.3 is 0 Å². The molecule has 0 radical (unpaired) electrons. The Balaban J connectivity index is 1.73. The number of aromatic nitrogens is 3. The lowest BCUT2D eigenvalue weighted by molar-refractivity contribution is 0.470. The molecule has 2 rings (SSSR count). The molecule has 0 spiro atoms. The van der Waals surface area contributed by atoms with Crippen LogP contribution in [0.1, 0.15) is 24.9 Å². The lowest BCUT2D eigenvalue weighted by Gasteiger charge is -2.14. The van der Waals surface area contributed by atoms with E-state index >= 15 is 0 Å². The summed E-state index contributed by atoms with van der Waals surface area (Å²) in [6, 6.07) is 7.57. The van der Waals surface area contributed by atoms with Gasteiger partial charge in [0.1, 0.15) is 5.75 Å². The number of rotatable bonds is 6. The van der Waals surface area contributed by atoms with E-state index in [1.165, 1.54) is 0 Å². The highest BCUT2D eigenvalue weighted by Crippen LogP contribution is 2.17. The molecule has 0 aliphatic carbocycles. The van der Waals surface area contributed by atoms with Crippen molar-refractivity contribution in [2.75, 3.05) is 6.54 Å². The van der Waals surface area contributed by atoms with E-state index in [9.17, 15) is 5.11 Å². The fraction of sp³-hybridized carbons (Fsp3) is 0.385. The van der Waals surface area contributed by atoms with Crippen molar-refractivity contribution < 1.29 is 5.11 Å². The molecular weight excluding hydrogens is 228 g/mol. The van der Waals surface area contributed by atoms with Gasteiger partial charge in [0.15, 0.2) is 0 Å². The summed E-state index contributed by atoms with van der Waals surface area (Å²) in [6.07, 6.45) is 4.54. The van der Waals surface area contributed by atoms with Crippen LogP contribution in [0.15, 0.2) is 36.7 Å². The van der Waals surface area contributed by atoms with E-state index in [-0.39, 0.29) is 6.04 Å². The second-order valence-corrected chi connectivity index (χ2v) is 4.29. The predicted molar refractivity (Wildman–Crippen MR) is 69.2 cm³/mol. The SMILES string of the molecule is CC(NCCCn1ccnn1)c1cccc(O)c1. The Kier molecular flexibility index (Phi) is 4.30. The fourth-order valence-corrected chi connectivity index (χ4v) is 1.82. The summed E-state index contributed by atoms with van der Waals surface area (Å²) in [5.41, 5.74) is 1.09. The minimum absolute atomic E-state index is 0.229.